The first-order chi connectivity index (χ1) is 7.67. The van der Waals surface area contributed by atoms with Crippen LogP contribution in [0.25, 0.3) is 5.57 Å². The fourth-order valence-corrected chi connectivity index (χ4v) is 1.48. The zero-order valence-corrected chi connectivity index (χ0v) is 10.3. The maximum Gasteiger partial charge on any atom is 0.331 e. The van der Waals surface area contributed by atoms with E-state index in [1.54, 1.807) is 6.92 Å². The highest BCUT2D eigenvalue weighted by atomic mass is 35.5. The third-order valence-electron chi connectivity index (χ3n) is 2.18. The lowest BCUT2D eigenvalue weighted by atomic mass is 10.1. The summed E-state index contributed by atoms with van der Waals surface area (Å²) in [6, 6.07) is 7.79. The minimum atomic E-state index is -0.304. The molecule has 0 aliphatic rings. The van der Waals surface area contributed by atoms with E-state index in [9.17, 15) is 4.79 Å². The van der Waals surface area contributed by atoms with Gasteiger partial charge in [0.1, 0.15) is 0 Å². The van der Waals surface area contributed by atoms with E-state index in [1.165, 1.54) is 6.08 Å². The van der Waals surface area contributed by atoms with Gasteiger partial charge in [0.05, 0.1) is 6.61 Å². The quantitative estimate of drug-likeness (QED) is 0.457. The monoisotopic (exact) mass is 238 g/mol. The van der Waals surface area contributed by atoms with Gasteiger partial charge in [0.2, 0.25) is 0 Å². The minimum absolute atomic E-state index is 0.304. The molecule has 0 bridgehead atoms. The molecule has 1 aromatic rings. The average molecular weight is 239 g/mol. The fourth-order valence-electron chi connectivity index (χ4n) is 1.30. The van der Waals surface area contributed by atoms with Gasteiger partial charge in [-0.2, -0.15) is 0 Å². The van der Waals surface area contributed by atoms with Crippen molar-refractivity contribution in [3.8, 4) is 0 Å². The van der Waals surface area contributed by atoms with Crippen LogP contribution in [0.15, 0.2) is 30.3 Å². The summed E-state index contributed by atoms with van der Waals surface area (Å²) in [5, 5.41) is 0. The Morgan fingerprint density at radius 1 is 1.38 bits per heavy atom. The molecule has 16 heavy (non-hydrogen) atoms. The third-order valence-corrected chi connectivity index (χ3v) is 2.49. The molecule has 0 aliphatic carbocycles. The molecule has 0 saturated carbocycles. The Bertz CT molecular complexity index is 379. The topological polar surface area (TPSA) is 26.3 Å². The van der Waals surface area contributed by atoms with E-state index >= 15 is 0 Å². The Balaban J connectivity index is 2.79. The van der Waals surface area contributed by atoms with Gasteiger partial charge in [0.25, 0.3) is 0 Å². The predicted molar refractivity (Wildman–Crippen MR) is 66.3 cm³/mol. The number of carbonyl (C=O) groups excluding carboxylic acids is 1. The number of alkyl halides is 1. The molecule has 0 atom stereocenters. The van der Waals surface area contributed by atoms with Gasteiger partial charge in [-0.05, 0) is 30.5 Å². The number of rotatable bonds is 4. The number of allylic oxidation sites excluding steroid dienone is 1. The Morgan fingerprint density at radius 3 is 2.50 bits per heavy atom. The van der Waals surface area contributed by atoms with E-state index in [4.69, 9.17) is 16.3 Å². The molecule has 0 radical (unpaired) electrons. The highest BCUT2D eigenvalue weighted by Gasteiger charge is 2.00. The van der Waals surface area contributed by atoms with Crippen LogP contribution in [0.2, 0.25) is 0 Å². The van der Waals surface area contributed by atoms with Gasteiger partial charge < -0.3 is 4.74 Å². The molecule has 1 rings (SSSR count). The van der Waals surface area contributed by atoms with Crippen LogP contribution >= 0.6 is 11.6 Å². The maximum atomic E-state index is 11.2. The Kier molecular flexibility index (Phi) is 5.06. The van der Waals surface area contributed by atoms with Crippen LogP contribution in [0.3, 0.4) is 0 Å². The average Bonchev–Trinajstić information content (AvgIpc) is 2.29. The van der Waals surface area contributed by atoms with Gasteiger partial charge in [-0.15, -0.1) is 11.6 Å². The predicted octanol–water partition coefficient (Wildman–Crippen LogP) is 3.39. The van der Waals surface area contributed by atoms with E-state index in [0.717, 1.165) is 16.7 Å². The number of halogens is 1. The number of esters is 1. The summed E-state index contributed by atoms with van der Waals surface area (Å²) in [6.07, 6.45) is 1.50. The molecule has 0 unspecified atom stereocenters. The van der Waals surface area contributed by atoms with E-state index in [1.807, 2.05) is 31.2 Å². The number of carbonyl (C=O) groups is 1. The van der Waals surface area contributed by atoms with Crippen LogP contribution in [0, 0.1) is 0 Å². The number of hydrogen-bond donors (Lipinski definition) is 0. The molecular formula is C13H15ClO2. The summed E-state index contributed by atoms with van der Waals surface area (Å²) in [4.78, 5) is 11.2. The summed E-state index contributed by atoms with van der Waals surface area (Å²) in [6.45, 7) is 4.07. The molecule has 0 fully saturated rings. The van der Waals surface area contributed by atoms with Gasteiger partial charge in [0.15, 0.2) is 0 Å². The van der Waals surface area contributed by atoms with Crippen LogP contribution in [0.5, 0.6) is 0 Å². The van der Waals surface area contributed by atoms with Crippen molar-refractivity contribution in [2.45, 2.75) is 19.7 Å². The van der Waals surface area contributed by atoms with Crippen molar-refractivity contribution in [2.24, 2.45) is 0 Å². The van der Waals surface area contributed by atoms with Gasteiger partial charge in [-0.1, -0.05) is 24.3 Å². The lowest BCUT2D eigenvalue weighted by molar-refractivity contribution is -0.137. The second-order valence-electron chi connectivity index (χ2n) is 3.41. The van der Waals surface area contributed by atoms with Crippen molar-refractivity contribution in [3.63, 3.8) is 0 Å². The molecule has 0 aliphatic heterocycles. The molecule has 86 valence electrons. The summed E-state index contributed by atoms with van der Waals surface area (Å²) in [5.74, 6) is 0.197. The van der Waals surface area contributed by atoms with Crippen LogP contribution in [0.4, 0.5) is 0 Å². The van der Waals surface area contributed by atoms with Gasteiger partial charge in [-0.25, -0.2) is 4.79 Å². The van der Waals surface area contributed by atoms with Crippen molar-refractivity contribution >= 4 is 23.1 Å². The van der Waals surface area contributed by atoms with Crippen LogP contribution < -0.4 is 0 Å². The molecule has 1 aromatic carbocycles. The summed E-state index contributed by atoms with van der Waals surface area (Å²) in [7, 11) is 0. The fraction of sp³-hybridized carbons (Fsp3) is 0.308. The Labute approximate surface area is 101 Å². The minimum Gasteiger partial charge on any atom is -0.463 e. The summed E-state index contributed by atoms with van der Waals surface area (Å²) in [5.41, 5.74) is 2.95. The van der Waals surface area contributed by atoms with Crippen molar-refractivity contribution in [3.05, 3.63) is 41.5 Å². The second kappa shape index (κ2) is 6.33. The molecule has 0 N–H and O–H groups in total. The van der Waals surface area contributed by atoms with E-state index in [-0.39, 0.29) is 5.97 Å². The number of hydrogen-bond acceptors (Lipinski definition) is 2. The van der Waals surface area contributed by atoms with Gasteiger partial charge >= 0.3 is 5.97 Å². The molecule has 2 nitrogen and oxygen atoms in total. The largest absolute Gasteiger partial charge is 0.463 e. The summed E-state index contributed by atoms with van der Waals surface area (Å²) < 4.78 is 4.84. The maximum absolute atomic E-state index is 11.2. The normalized spacial score (nSPS) is 11.3. The van der Waals surface area contributed by atoms with Crippen LogP contribution in [-0.2, 0) is 15.4 Å². The van der Waals surface area contributed by atoms with Crippen molar-refractivity contribution in [1.82, 2.24) is 0 Å². The standard InChI is InChI=1S/C13H15ClO2/c1-3-16-13(15)8-10(2)12-6-4-11(9-14)5-7-12/h4-8H,3,9H2,1-2H3. The Hall–Kier alpha value is -1.28. The smallest absolute Gasteiger partial charge is 0.331 e. The second-order valence-corrected chi connectivity index (χ2v) is 3.68. The highest BCUT2D eigenvalue weighted by Crippen LogP contribution is 2.15. The zero-order valence-electron chi connectivity index (χ0n) is 9.50. The summed E-state index contributed by atoms with van der Waals surface area (Å²) >= 11 is 5.70. The molecule has 3 heteroatoms. The highest BCUT2D eigenvalue weighted by molar-refractivity contribution is 6.17. The molecule has 0 saturated heterocycles. The van der Waals surface area contributed by atoms with E-state index in [2.05, 4.69) is 0 Å². The van der Waals surface area contributed by atoms with Crippen LogP contribution in [0.1, 0.15) is 25.0 Å². The van der Waals surface area contributed by atoms with E-state index in [0.29, 0.717) is 12.5 Å². The lowest BCUT2D eigenvalue weighted by Gasteiger charge is -2.03. The SMILES string of the molecule is CCOC(=O)C=C(C)c1ccc(CCl)cc1. The van der Waals surface area contributed by atoms with Gasteiger partial charge in [0, 0.05) is 12.0 Å². The molecule has 0 amide bonds. The molecule has 0 aromatic heterocycles. The first-order valence-corrected chi connectivity index (χ1v) is 5.71. The zero-order chi connectivity index (χ0) is 12.0. The Morgan fingerprint density at radius 2 is 2.00 bits per heavy atom. The van der Waals surface area contributed by atoms with Crippen molar-refractivity contribution in [1.29, 1.82) is 0 Å². The van der Waals surface area contributed by atoms with Crippen molar-refractivity contribution < 1.29 is 9.53 Å². The van der Waals surface area contributed by atoms with Gasteiger partial charge in [-0.3, -0.25) is 0 Å². The first kappa shape index (κ1) is 12.8. The number of ether oxygens (including phenoxy) is 1. The number of benzene rings is 1. The van der Waals surface area contributed by atoms with Crippen molar-refractivity contribution in [2.75, 3.05) is 6.61 Å². The lowest BCUT2D eigenvalue weighted by Crippen LogP contribution is -2.00. The van der Waals surface area contributed by atoms with E-state index < -0.39 is 0 Å². The third kappa shape index (κ3) is 3.70. The molecule has 0 heterocycles. The van der Waals surface area contributed by atoms with Crippen LogP contribution in [-0.4, -0.2) is 12.6 Å². The molecular weight excluding hydrogens is 224 g/mol. The first-order valence-electron chi connectivity index (χ1n) is 5.17. The molecule has 0 spiro atoms.